The molecule has 1 N–H and O–H groups in total. The number of anilines is 1. The van der Waals surface area contributed by atoms with Crippen molar-refractivity contribution < 1.29 is 14.3 Å². The summed E-state index contributed by atoms with van der Waals surface area (Å²) in [5.74, 6) is 1.24. The molecule has 0 bridgehead atoms. The SMILES string of the molecule is O=C(/C=C/c1ccc2c(c1)OCO2)Nc1ccc(Cc2ccncc2)cc1. The zero-order valence-corrected chi connectivity index (χ0v) is 14.6. The molecule has 5 heteroatoms. The van der Waals surface area contributed by atoms with Crippen LogP contribution in [0.2, 0.25) is 0 Å². The zero-order valence-electron chi connectivity index (χ0n) is 14.6. The fourth-order valence-corrected chi connectivity index (χ4v) is 2.81. The van der Waals surface area contributed by atoms with Crippen LogP contribution in [0.4, 0.5) is 5.69 Å². The summed E-state index contributed by atoms with van der Waals surface area (Å²) in [6, 6.07) is 17.4. The van der Waals surface area contributed by atoms with Gasteiger partial charge in [-0.25, -0.2) is 0 Å². The molecule has 0 fully saturated rings. The summed E-state index contributed by atoms with van der Waals surface area (Å²) in [6.07, 6.45) is 7.66. The first-order valence-electron chi connectivity index (χ1n) is 8.63. The highest BCUT2D eigenvalue weighted by atomic mass is 16.7. The number of carbonyl (C=O) groups excluding carboxylic acids is 1. The van der Waals surface area contributed by atoms with Crippen molar-refractivity contribution >= 4 is 17.7 Å². The number of benzene rings is 2. The predicted molar refractivity (Wildman–Crippen MR) is 104 cm³/mol. The number of fused-ring (bicyclic) bond motifs is 1. The molecular formula is C22H18N2O3. The van der Waals surface area contributed by atoms with Crippen molar-refractivity contribution in [1.29, 1.82) is 0 Å². The third kappa shape index (κ3) is 4.33. The molecule has 2 aromatic carbocycles. The first-order chi connectivity index (χ1) is 13.3. The number of nitrogens with one attached hydrogen (secondary N) is 1. The third-order valence-corrected chi connectivity index (χ3v) is 4.20. The molecule has 0 unspecified atom stereocenters. The van der Waals surface area contributed by atoms with Gasteiger partial charge in [-0.2, -0.15) is 0 Å². The van der Waals surface area contributed by atoms with Crippen LogP contribution in [0, 0.1) is 0 Å². The van der Waals surface area contributed by atoms with Crippen LogP contribution in [-0.2, 0) is 11.2 Å². The van der Waals surface area contributed by atoms with Crippen molar-refractivity contribution in [3.8, 4) is 11.5 Å². The molecular weight excluding hydrogens is 340 g/mol. The van der Waals surface area contributed by atoms with Crippen LogP contribution < -0.4 is 14.8 Å². The van der Waals surface area contributed by atoms with Gasteiger partial charge in [0.2, 0.25) is 12.7 Å². The van der Waals surface area contributed by atoms with Gasteiger partial charge < -0.3 is 14.8 Å². The van der Waals surface area contributed by atoms with Gasteiger partial charge in [0.1, 0.15) is 0 Å². The maximum absolute atomic E-state index is 12.1. The predicted octanol–water partition coefficient (Wildman–Crippen LogP) is 4.05. The lowest BCUT2D eigenvalue weighted by Gasteiger charge is -2.05. The molecule has 0 saturated carbocycles. The highest BCUT2D eigenvalue weighted by Gasteiger charge is 2.12. The minimum Gasteiger partial charge on any atom is -0.454 e. The summed E-state index contributed by atoms with van der Waals surface area (Å²) in [7, 11) is 0. The highest BCUT2D eigenvalue weighted by Crippen LogP contribution is 2.32. The van der Waals surface area contributed by atoms with Crippen LogP contribution in [0.3, 0.4) is 0 Å². The van der Waals surface area contributed by atoms with Gasteiger partial charge in [0.25, 0.3) is 0 Å². The van der Waals surface area contributed by atoms with E-state index in [0.717, 1.165) is 23.4 Å². The fourth-order valence-electron chi connectivity index (χ4n) is 2.81. The van der Waals surface area contributed by atoms with E-state index in [1.54, 1.807) is 18.5 Å². The molecule has 134 valence electrons. The Morgan fingerprint density at radius 2 is 1.70 bits per heavy atom. The minimum absolute atomic E-state index is 0.186. The Bertz CT molecular complexity index is 967. The van der Waals surface area contributed by atoms with E-state index in [-0.39, 0.29) is 12.7 Å². The maximum atomic E-state index is 12.1. The van der Waals surface area contributed by atoms with E-state index in [9.17, 15) is 4.79 Å². The topological polar surface area (TPSA) is 60.5 Å². The molecule has 1 aliphatic heterocycles. The minimum atomic E-state index is -0.186. The van der Waals surface area contributed by atoms with Crippen molar-refractivity contribution in [2.75, 3.05) is 12.1 Å². The molecule has 0 spiro atoms. The molecule has 0 atom stereocenters. The number of nitrogens with zero attached hydrogens (tertiary/aromatic N) is 1. The molecule has 2 heterocycles. The average molecular weight is 358 g/mol. The molecule has 3 aromatic rings. The van der Waals surface area contributed by atoms with E-state index in [1.165, 1.54) is 17.2 Å². The largest absolute Gasteiger partial charge is 0.454 e. The molecule has 0 radical (unpaired) electrons. The Hall–Kier alpha value is -3.60. The Balaban J connectivity index is 1.35. The van der Waals surface area contributed by atoms with Crippen molar-refractivity contribution in [1.82, 2.24) is 4.98 Å². The van der Waals surface area contributed by atoms with Gasteiger partial charge in [-0.15, -0.1) is 0 Å². The number of hydrogen-bond donors (Lipinski definition) is 1. The number of amides is 1. The summed E-state index contributed by atoms with van der Waals surface area (Å²) >= 11 is 0. The average Bonchev–Trinajstić information content (AvgIpc) is 3.17. The number of ether oxygens (including phenoxy) is 2. The van der Waals surface area contributed by atoms with Crippen LogP contribution in [0.25, 0.3) is 6.08 Å². The zero-order chi connectivity index (χ0) is 18.5. The Morgan fingerprint density at radius 1 is 0.963 bits per heavy atom. The standard InChI is InChI=1S/C22H18N2O3/c25-22(8-4-17-3-7-20-21(14-17)27-15-26-20)24-19-5-1-16(2-6-19)13-18-9-11-23-12-10-18/h1-12,14H,13,15H2,(H,24,25)/b8-4+. The van der Waals surface area contributed by atoms with E-state index < -0.39 is 0 Å². The lowest BCUT2D eigenvalue weighted by atomic mass is 10.1. The summed E-state index contributed by atoms with van der Waals surface area (Å²) in [5.41, 5.74) is 4.01. The lowest BCUT2D eigenvalue weighted by molar-refractivity contribution is -0.111. The second kappa shape index (κ2) is 7.74. The van der Waals surface area contributed by atoms with Crippen LogP contribution in [0.15, 0.2) is 73.1 Å². The quantitative estimate of drug-likeness (QED) is 0.699. The molecule has 0 aliphatic carbocycles. The fraction of sp³-hybridized carbons (Fsp3) is 0.0909. The lowest BCUT2D eigenvalue weighted by Crippen LogP contribution is -2.07. The molecule has 5 nitrogen and oxygen atoms in total. The van der Waals surface area contributed by atoms with Gasteiger partial charge >= 0.3 is 0 Å². The molecule has 1 aliphatic rings. The Morgan fingerprint density at radius 3 is 2.52 bits per heavy atom. The number of rotatable bonds is 5. The summed E-state index contributed by atoms with van der Waals surface area (Å²) in [6.45, 7) is 0.236. The van der Waals surface area contributed by atoms with E-state index >= 15 is 0 Å². The van der Waals surface area contributed by atoms with Crippen molar-refractivity contribution in [2.45, 2.75) is 6.42 Å². The smallest absolute Gasteiger partial charge is 0.248 e. The second-order valence-electron chi connectivity index (χ2n) is 6.16. The molecule has 27 heavy (non-hydrogen) atoms. The van der Waals surface area contributed by atoms with Crippen LogP contribution in [-0.4, -0.2) is 17.7 Å². The van der Waals surface area contributed by atoms with Crippen LogP contribution >= 0.6 is 0 Å². The third-order valence-electron chi connectivity index (χ3n) is 4.20. The maximum Gasteiger partial charge on any atom is 0.248 e. The monoisotopic (exact) mass is 358 g/mol. The van der Waals surface area contributed by atoms with E-state index in [0.29, 0.717) is 5.75 Å². The molecule has 1 aromatic heterocycles. The second-order valence-corrected chi connectivity index (χ2v) is 6.16. The van der Waals surface area contributed by atoms with Crippen LogP contribution in [0.1, 0.15) is 16.7 Å². The number of carbonyl (C=O) groups is 1. The normalized spacial score (nSPS) is 12.3. The first-order valence-corrected chi connectivity index (χ1v) is 8.63. The van der Waals surface area contributed by atoms with Crippen molar-refractivity contribution in [3.05, 3.63) is 89.8 Å². The van der Waals surface area contributed by atoms with E-state index in [4.69, 9.17) is 9.47 Å². The summed E-state index contributed by atoms with van der Waals surface area (Å²) in [4.78, 5) is 16.2. The van der Waals surface area contributed by atoms with Gasteiger partial charge in [0.15, 0.2) is 11.5 Å². The summed E-state index contributed by atoms with van der Waals surface area (Å²) < 4.78 is 10.6. The molecule has 0 saturated heterocycles. The molecule has 1 amide bonds. The van der Waals surface area contributed by atoms with E-state index in [2.05, 4.69) is 10.3 Å². The van der Waals surface area contributed by atoms with E-state index in [1.807, 2.05) is 54.6 Å². The number of pyridine rings is 1. The van der Waals surface area contributed by atoms with Crippen molar-refractivity contribution in [2.24, 2.45) is 0 Å². The van der Waals surface area contributed by atoms with Gasteiger partial charge in [0.05, 0.1) is 0 Å². The number of aromatic nitrogens is 1. The van der Waals surface area contributed by atoms with Gasteiger partial charge in [-0.05, 0) is 65.6 Å². The van der Waals surface area contributed by atoms with Gasteiger partial charge in [0, 0.05) is 24.2 Å². The Kier molecular flexibility index (Phi) is 4.83. The van der Waals surface area contributed by atoms with Crippen LogP contribution in [0.5, 0.6) is 11.5 Å². The van der Waals surface area contributed by atoms with Gasteiger partial charge in [-0.3, -0.25) is 9.78 Å². The summed E-state index contributed by atoms with van der Waals surface area (Å²) in [5, 5.41) is 2.86. The molecule has 4 rings (SSSR count). The highest BCUT2D eigenvalue weighted by molar-refractivity contribution is 6.01. The first kappa shape index (κ1) is 16.8. The number of hydrogen-bond acceptors (Lipinski definition) is 4. The van der Waals surface area contributed by atoms with Crippen molar-refractivity contribution in [3.63, 3.8) is 0 Å². The Labute approximate surface area is 157 Å². The van der Waals surface area contributed by atoms with Gasteiger partial charge in [-0.1, -0.05) is 18.2 Å².